The number of amides is 2. The number of carbonyl (C=O) groups excluding carboxylic acids is 2. The number of aromatic nitrogens is 1. The maximum Gasteiger partial charge on any atom is 0.404 e. The fourth-order valence-electron chi connectivity index (χ4n) is 1.75. The summed E-state index contributed by atoms with van der Waals surface area (Å²) in [7, 11) is 0. The molecule has 0 aliphatic rings. The van der Waals surface area contributed by atoms with Crippen LogP contribution in [0, 0.1) is 5.82 Å². The third-order valence-electron chi connectivity index (χ3n) is 2.71. The van der Waals surface area contributed by atoms with Gasteiger partial charge in [-0.05, 0) is 29.8 Å². The van der Waals surface area contributed by atoms with E-state index in [-0.39, 0.29) is 24.8 Å². The molecule has 6 nitrogen and oxygen atoms in total. The second kappa shape index (κ2) is 7.16. The van der Waals surface area contributed by atoms with Gasteiger partial charge in [0, 0.05) is 0 Å². The lowest BCUT2D eigenvalue weighted by Gasteiger charge is -2.07. The molecule has 0 saturated heterocycles. The summed E-state index contributed by atoms with van der Waals surface area (Å²) in [4.78, 5) is 26.5. The van der Waals surface area contributed by atoms with Crippen LogP contribution in [0.3, 0.4) is 0 Å². The number of carbonyl (C=O) groups is 2. The molecule has 1 aromatic carbocycles. The molecule has 7 heteroatoms. The number of ether oxygens (including phenoxy) is 1. The van der Waals surface area contributed by atoms with E-state index in [0.717, 1.165) is 0 Å². The van der Waals surface area contributed by atoms with E-state index in [1.807, 2.05) is 0 Å². The van der Waals surface area contributed by atoms with E-state index >= 15 is 0 Å². The lowest BCUT2D eigenvalue weighted by atomic mass is 10.1. The summed E-state index contributed by atoms with van der Waals surface area (Å²) in [6.45, 7) is -0.0724. The molecule has 0 aliphatic heterocycles. The summed E-state index contributed by atoms with van der Waals surface area (Å²) in [6, 6.07) is 10.6. The highest BCUT2D eigenvalue weighted by molar-refractivity contribution is 5.91. The Bertz CT molecular complexity index is 674. The van der Waals surface area contributed by atoms with Crippen LogP contribution in [0.5, 0.6) is 0 Å². The van der Waals surface area contributed by atoms with E-state index in [0.29, 0.717) is 17.1 Å². The quantitative estimate of drug-likeness (QED) is 0.883. The Hall–Kier alpha value is -2.96. The first-order valence-corrected chi connectivity index (χ1v) is 6.45. The minimum atomic E-state index is -0.896. The van der Waals surface area contributed by atoms with Crippen LogP contribution >= 0.6 is 0 Å². The number of benzene rings is 1. The molecule has 0 saturated carbocycles. The first kappa shape index (κ1) is 15.4. The monoisotopic (exact) mass is 303 g/mol. The topological polar surface area (TPSA) is 94.3 Å². The number of anilines is 1. The fourth-order valence-corrected chi connectivity index (χ4v) is 1.75. The number of hydrogen-bond acceptors (Lipinski definition) is 4. The van der Waals surface area contributed by atoms with Gasteiger partial charge in [0.2, 0.25) is 5.91 Å². The number of hydrogen-bond donors (Lipinski definition) is 2. The molecule has 2 amide bonds. The third kappa shape index (κ3) is 4.86. The highest BCUT2D eigenvalue weighted by Crippen LogP contribution is 2.08. The summed E-state index contributed by atoms with van der Waals surface area (Å²) in [5.41, 5.74) is 6.01. The van der Waals surface area contributed by atoms with Gasteiger partial charge in [0.1, 0.15) is 18.2 Å². The molecule has 0 fully saturated rings. The maximum atomic E-state index is 12.8. The Balaban J connectivity index is 1.94. The van der Waals surface area contributed by atoms with E-state index in [1.54, 1.807) is 30.3 Å². The summed E-state index contributed by atoms with van der Waals surface area (Å²) < 4.78 is 17.4. The van der Waals surface area contributed by atoms with Gasteiger partial charge in [-0.3, -0.25) is 4.79 Å². The van der Waals surface area contributed by atoms with Crippen molar-refractivity contribution in [3.63, 3.8) is 0 Å². The molecule has 0 aliphatic carbocycles. The number of halogens is 1. The lowest BCUT2D eigenvalue weighted by molar-refractivity contribution is -0.115. The first-order valence-electron chi connectivity index (χ1n) is 6.45. The molecular formula is C15H14FN3O3. The number of primary amides is 1. The van der Waals surface area contributed by atoms with Crippen molar-refractivity contribution in [3.8, 4) is 0 Å². The zero-order valence-corrected chi connectivity index (χ0v) is 11.6. The molecule has 1 heterocycles. The third-order valence-corrected chi connectivity index (χ3v) is 2.71. The summed E-state index contributed by atoms with van der Waals surface area (Å²) >= 11 is 0. The lowest BCUT2D eigenvalue weighted by Crippen LogP contribution is -2.16. The zero-order valence-electron chi connectivity index (χ0n) is 11.6. The van der Waals surface area contributed by atoms with Gasteiger partial charge in [-0.15, -0.1) is 0 Å². The minimum Gasteiger partial charge on any atom is -0.443 e. The molecule has 0 spiro atoms. The largest absolute Gasteiger partial charge is 0.443 e. The Kier molecular flexibility index (Phi) is 5.02. The van der Waals surface area contributed by atoms with Gasteiger partial charge in [0.25, 0.3) is 0 Å². The standard InChI is InChI=1S/C15H14FN3O3/c16-11-6-4-10(5-7-11)8-14(20)19-13-3-1-2-12(18-13)9-22-15(17)21/h1-7H,8-9H2,(H2,17,21)(H,18,19,20). The number of rotatable bonds is 5. The molecule has 0 atom stereocenters. The number of nitrogens with two attached hydrogens (primary N) is 1. The molecule has 3 N–H and O–H groups in total. The van der Waals surface area contributed by atoms with Crippen LogP contribution in [0.2, 0.25) is 0 Å². The second-order valence-electron chi connectivity index (χ2n) is 4.47. The minimum absolute atomic E-state index is 0.0724. The van der Waals surface area contributed by atoms with Gasteiger partial charge in [-0.2, -0.15) is 0 Å². The molecule has 0 radical (unpaired) electrons. The van der Waals surface area contributed by atoms with E-state index in [4.69, 9.17) is 5.73 Å². The van der Waals surface area contributed by atoms with Crippen LogP contribution < -0.4 is 11.1 Å². The summed E-state index contributed by atoms with van der Waals surface area (Å²) in [5.74, 6) is -0.308. The van der Waals surface area contributed by atoms with E-state index in [2.05, 4.69) is 15.0 Å². The Morgan fingerprint density at radius 2 is 1.91 bits per heavy atom. The molecule has 0 bridgehead atoms. The fraction of sp³-hybridized carbons (Fsp3) is 0.133. The second-order valence-corrected chi connectivity index (χ2v) is 4.47. The van der Waals surface area contributed by atoms with Gasteiger partial charge in [0.05, 0.1) is 12.1 Å². The van der Waals surface area contributed by atoms with Crippen LogP contribution in [-0.4, -0.2) is 17.0 Å². The Morgan fingerprint density at radius 1 is 1.18 bits per heavy atom. The van der Waals surface area contributed by atoms with Gasteiger partial charge >= 0.3 is 6.09 Å². The molecule has 114 valence electrons. The predicted molar refractivity (Wildman–Crippen MR) is 77.3 cm³/mol. The molecule has 22 heavy (non-hydrogen) atoms. The van der Waals surface area contributed by atoms with Crippen molar-refractivity contribution in [1.29, 1.82) is 0 Å². The zero-order chi connectivity index (χ0) is 15.9. The average Bonchev–Trinajstić information content (AvgIpc) is 2.48. The van der Waals surface area contributed by atoms with Crippen molar-refractivity contribution in [3.05, 3.63) is 59.5 Å². The van der Waals surface area contributed by atoms with Crippen LogP contribution in [0.1, 0.15) is 11.3 Å². The molecule has 1 aromatic heterocycles. The average molecular weight is 303 g/mol. The number of pyridine rings is 1. The normalized spacial score (nSPS) is 10.0. The van der Waals surface area contributed by atoms with E-state index in [9.17, 15) is 14.0 Å². The van der Waals surface area contributed by atoms with Crippen LogP contribution in [-0.2, 0) is 22.6 Å². The van der Waals surface area contributed by atoms with Crippen molar-refractivity contribution in [2.24, 2.45) is 5.73 Å². The summed E-state index contributed by atoms with van der Waals surface area (Å²) in [6.07, 6.45) is -0.795. The molecular weight excluding hydrogens is 289 g/mol. The van der Waals surface area contributed by atoms with Crippen LogP contribution in [0.15, 0.2) is 42.5 Å². The van der Waals surface area contributed by atoms with Crippen molar-refractivity contribution in [2.75, 3.05) is 5.32 Å². The highest BCUT2D eigenvalue weighted by atomic mass is 19.1. The van der Waals surface area contributed by atoms with Crippen molar-refractivity contribution in [1.82, 2.24) is 4.98 Å². The van der Waals surface area contributed by atoms with Crippen LogP contribution in [0.25, 0.3) is 0 Å². The highest BCUT2D eigenvalue weighted by Gasteiger charge is 2.06. The number of nitrogens with zero attached hydrogens (tertiary/aromatic N) is 1. The van der Waals surface area contributed by atoms with E-state index in [1.165, 1.54) is 12.1 Å². The van der Waals surface area contributed by atoms with Crippen molar-refractivity contribution < 1.29 is 18.7 Å². The molecule has 0 unspecified atom stereocenters. The van der Waals surface area contributed by atoms with E-state index < -0.39 is 6.09 Å². The van der Waals surface area contributed by atoms with Gasteiger partial charge in [-0.25, -0.2) is 14.2 Å². The van der Waals surface area contributed by atoms with Gasteiger partial charge in [-0.1, -0.05) is 18.2 Å². The first-order chi connectivity index (χ1) is 10.5. The van der Waals surface area contributed by atoms with Crippen molar-refractivity contribution in [2.45, 2.75) is 13.0 Å². The van der Waals surface area contributed by atoms with Gasteiger partial charge < -0.3 is 15.8 Å². The molecule has 2 aromatic rings. The van der Waals surface area contributed by atoms with Crippen molar-refractivity contribution >= 4 is 17.8 Å². The smallest absolute Gasteiger partial charge is 0.404 e. The Morgan fingerprint density at radius 3 is 2.59 bits per heavy atom. The SMILES string of the molecule is NC(=O)OCc1cccc(NC(=O)Cc2ccc(F)cc2)n1. The maximum absolute atomic E-state index is 12.8. The summed E-state index contributed by atoms with van der Waals surface area (Å²) in [5, 5.41) is 2.62. The van der Waals surface area contributed by atoms with Gasteiger partial charge in [0.15, 0.2) is 0 Å². The Labute approximate surface area is 126 Å². The predicted octanol–water partition coefficient (Wildman–Crippen LogP) is 2.00. The molecule has 2 rings (SSSR count). The number of nitrogens with one attached hydrogen (secondary N) is 1. The van der Waals surface area contributed by atoms with Crippen LogP contribution in [0.4, 0.5) is 15.0 Å².